The summed E-state index contributed by atoms with van der Waals surface area (Å²) in [7, 11) is -3.91. The zero-order chi connectivity index (χ0) is 22.7. The van der Waals surface area contributed by atoms with Crippen LogP contribution in [0.15, 0.2) is 47.4 Å². The smallest absolute Gasteiger partial charge is 0.255 e. The second kappa shape index (κ2) is 9.58. The number of carbonyl (C=O) groups excluding carboxylic acids is 2. The quantitative estimate of drug-likeness (QED) is 0.637. The maximum atomic E-state index is 12.7. The van der Waals surface area contributed by atoms with E-state index in [9.17, 15) is 18.0 Å². The number of benzene rings is 2. The molecule has 0 saturated carbocycles. The molecule has 0 bridgehead atoms. The summed E-state index contributed by atoms with van der Waals surface area (Å²) in [5.41, 5.74) is 1.47. The molecule has 2 aliphatic rings. The third-order valence-electron chi connectivity index (χ3n) is 5.52. The molecule has 32 heavy (non-hydrogen) atoms. The molecule has 0 spiro atoms. The van der Waals surface area contributed by atoms with Crippen molar-refractivity contribution >= 4 is 44.8 Å². The summed E-state index contributed by atoms with van der Waals surface area (Å²) in [4.78, 5) is 26.1. The van der Waals surface area contributed by atoms with Gasteiger partial charge in [0.2, 0.25) is 15.9 Å². The third-order valence-corrected chi connectivity index (χ3v) is 7.42. The topological polar surface area (TPSA) is 105 Å². The van der Waals surface area contributed by atoms with Crippen LogP contribution in [0.2, 0.25) is 5.02 Å². The van der Waals surface area contributed by atoms with E-state index in [0.717, 1.165) is 24.9 Å². The molecule has 1 unspecified atom stereocenters. The van der Waals surface area contributed by atoms with E-state index in [0.29, 0.717) is 25.3 Å². The van der Waals surface area contributed by atoms with E-state index in [4.69, 9.17) is 16.3 Å². The minimum atomic E-state index is -3.91. The van der Waals surface area contributed by atoms with Crippen molar-refractivity contribution in [3.05, 3.63) is 53.1 Å². The monoisotopic (exact) mass is 477 g/mol. The van der Waals surface area contributed by atoms with Gasteiger partial charge in [-0.05, 0) is 61.7 Å². The number of hydrogen-bond acceptors (Lipinski definition) is 5. The maximum Gasteiger partial charge on any atom is 0.255 e. The first-order valence-corrected chi connectivity index (χ1v) is 12.3. The van der Waals surface area contributed by atoms with E-state index in [2.05, 4.69) is 10.0 Å². The van der Waals surface area contributed by atoms with Crippen LogP contribution in [0, 0.1) is 0 Å². The van der Waals surface area contributed by atoms with Crippen LogP contribution < -0.4 is 14.9 Å². The molecule has 2 amide bonds. The maximum absolute atomic E-state index is 12.7. The van der Waals surface area contributed by atoms with Crippen molar-refractivity contribution in [1.82, 2.24) is 4.72 Å². The van der Waals surface area contributed by atoms with Gasteiger partial charge in [-0.15, -0.1) is 0 Å². The molecule has 2 N–H and O–H groups in total. The van der Waals surface area contributed by atoms with Gasteiger partial charge in [-0.2, -0.15) is 0 Å². The lowest BCUT2D eigenvalue weighted by molar-refractivity contribution is -0.117. The van der Waals surface area contributed by atoms with Gasteiger partial charge in [0.1, 0.15) is 4.90 Å². The molecule has 10 heteroatoms. The predicted molar refractivity (Wildman–Crippen MR) is 122 cm³/mol. The molecule has 0 aromatic heterocycles. The van der Waals surface area contributed by atoms with E-state index in [1.807, 2.05) is 0 Å². The summed E-state index contributed by atoms with van der Waals surface area (Å²) < 4.78 is 33.4. The number of sulfonamides is 1. The summed E-state index contributed by atoms with van der Waals surface area (Å²) in [6.07, 6.45) is 2.92. The number of amides is 2. The van der Waals surface area contributed by atoms with E-state index < -0.39 is 15.9 Å². The Hall–Kier alpha value is -2.46. The van der Waals surface area contributed by atoms with Gasteiger partial charge in [0.05, 0.1) is 11.1 Å². The van der Waals surface area contributed by atoms with Crippen LogP contribution in [-0.4, -0.2) is 46.0 Å². The standard InChI is InChI=1S/C22H24ClN3O5S/c23-19-10-5-15(13-20(19)32(29,30)24-14-18-3-2-12-31-18)22(28)25-16-6-8-17(9-7-16)26-11-1-4-21(26)27/h5-10,13,18,24H,1-4,11-12,14H2,(H,25,28). The van der Waals surface area contributed by atoms with Crippen LogP contribution in [0.3, 0.4) is 0 Å². The van der Waals surface area contributed by atoms with E-state index in [1.165, 1.54) is 18.2 Å². The molecule has 170 valence electrons. The Bertz CT molecular complexity index is 1110. The minimum absolute atomic E-state index is 0.0287. The summed E-state index contributed by atoms with van der Waals surface area (Å²) in [5.74, 6) is -0.382. The Morgan fingerprint density at radius 3 is 2.59 bits per heavy atom. The average molecular weight is 478 g/mol. The molecule has 1 atom stereocenters. The second-order valence-electron chi connectivity index (χ2n) is 7.78. The minimum Gasteiger partial charge on any atom is -0.377 e. The molecule has 0 aliphatic carbocycles. The van der Waals surface area contributed by atoms with Crippen molar-refractivity contribution in [2.24, 2.45) is 0 Å². The van der Waals surface area contributed by atoms with Gasteiger partial charge in [0.25, 0.3) is 5.91 Å². The number of nitrogens with one attached hydrogen (secondary N) is 2. The molecule has 4 rings (SSSR count). The van der Waals surface area contributed by atoms with Crippen molar-refractivity contribution in [2.45, 2.75) is 36.7 Å². The van der Waals surface area contributed by atoms with E-state index in [-0.39, 0.29) is 34.0 Å². The molecule has 2 aliphatic heterocycles. The van der Waals surface area contributed by atoms with Gasteiger partial charge in [-0.1, -0.05) is 11.6 Å². The molecule has 2 aromatic rings. The number of halogens is 1. The van der Waals surface area contributed by atoms with E-state index >= 15 is 0 Å². The molecule has 2 heterocycles. The van der Waals surface area contributed by atoms with Crippen LogP contribution in [0.25, 0.3) is 0 Å². The molecule has 8 nitrogen and oxygen atoms in total. The lowest BCUT2D eigenvalue weighted by Crippen LogP contribution is -2.32. The zero-order valence-corrected chi connectivity index (χ0v) is 18.9. The van der Waals surface area contributed by atoms with Crippen molar-refractivity contribution in [1.29, 1.82) is 0 Å². The first kappa shape index (κ1) is 22.7. The number of rotatable bonds is 7. The van der Waals surface area contributed by atoms with Crippen LogP contribution in [0.5, 0.6) is 0 Å². The van der Waals surface area contributed by atoms with Crippen molar-refractivity contribution in [3.63, 3.8) is 0 Å². The highest BCUT2D eigenvalue weighted by atomic mass is 35.5. The van der Waals surface area contributed by atoms with Gasteiger partial charge in [0.15, 0.2) is 0 Å². The number of hydrogen-bond donors (Lipinski definition) is 2. The molecule has 0 radical (unpaired) electrons. The number of carbonyl (C=O) groups is 2. The first-order chi connectivity index (χ1) is 15.3. The van der Waals surface area contributed by atoms with Crippen LogP contribution in [0.1, 0.15) is 36.0 Å². The number of anilines is 2. The normalized spacial score (nSPS) is 18.8. The first-order valence-electron chi connectivity index (χ1n) is 10.5. The fourth-order valence-corrected chi connectivity index (χ4v) is 5.38. The van der Waals surface area contributed by atoms with Crippen molar-refractivity contribution in [3.8, 4) is 0 Å². The lowest BCUT2D eigenvalue weighted by atomic mass is 10.2. The zero-order valence-electron chi connectivity index (χ0n) is 17.3. The highest BCUT2D eigenvalue weighted by molar-refractivity contribution is 7.89. The summed E-state index contributed by atoms with van der Waals surface area (Å²) >= 11 is 6.12. The summed E-state index contributed by atoms with van der Waals surface area (Å²) in [6.45, 7) is 1.46. The van der Waals surface area contributed by atoms with Crippen molar-refractivity contribution < 1.29 is 22.7 Å². The molecule has 2 aromatic carbocycles. The van der Waals surface area contributed by atoms with Gasteiger partial charge in [-0.3, -0.25) is 9.59 Å². The highest BCUT2D eigenvalue weighted by Crippen LogP contribution is 2.25. The Kier molecular flexibility index (Phi) is 6.80. The van der Waals surface area contributed by atoms with Gasteiger partial charge >= 0.3 is 0 Å². The largest absolute Gasteiger partial charge is 0.377 e. The Morgan fingerprint density at radius 1 is 1.16 bits per heavy atom. The molecule has 2 saturated heterocycles. The fraction of sp³-hybridized carbons (Fsp3) is 0.364. The lowest BCUT2D eigenvalue weighted by Gasteiger charge is -2.16. The molecular formula is C22H24ClN3O5S. The molecule has 2 fully saturated rings. The summed E-state index contributed by atoms with van der Waals surface area (Å²) in [6, 6.07) is 11.1. The molecular weight excluding hydrogens is 454 g/mol. The predicted octanol–water partition coefficient (Wildman–Crippen LogP) is 3.18. The van der Waals surface area contributed by atoms with E-state index in [1.54, 1.807) is 29.2 Å². The highest BCUT2D eigenvalue weighted by Gasteiger charge is 2.24. The van der Waals surface area contributed by atoms with Crippen molar-refractivity contribution in [2.75, 3.05) is 29.9 Å². The second-order valence-corrected chi connectivity index (χ2v) is 9.92. The number of nitrogens with zero attached hydrogens (tertiary/aromatic N) is 1. The van der Waals surface area contributed by atoms with Gasteiger partial charge in [-0.25, -0.2) is 13.1 Å². The van der Waals surface area contributed by atoms with Crippen LogP contribution in [-0.2, 0) is 19.6 Å². The average Bonchev–Trinajstić information content (AvgIpc) is 3.45. The third kappa shape index (κ3) is 5.12. The summed E-state index contributed by atoms with van der Waals surface area (Å²) in [5, 5.41) is 2.77. The SMILES string of the molecule is O=C(Nc1ccc(N2CCCC2=O)cc1)c1ccc(Cl)c(S(=O)(=O)NCC2CCCO2)c1. The Morgan fingerprint density at radius 2 is 1.94 bits per heavy atom. The Balaban J connectivity index is 1.45. The number of ether oxygens (including phenoxy) is 1. The fourth-order valence-electron chi connectivity index (χ4n) is 3.79. The van der Waals surface area contributed by atoms with Gasteiger partial charge < -0.3 is 15.0 Å². The van der Waals surface area contributed by atoms with Gasteiger partial charge in [0, 0.05) is 43.1 Å². The van der Waals surface area contributed by atoms with Crippen LogP contribution in [0.4, 0.5) is 11.4 Å². The Labute approximate surface area is 191 Å². The van der Waals surface area contributed by atoms with Crippen LogP contribution >= 0.6 is 11.6 Å².